The van der Waals surface area contributed by atoms with Crippen molar-refractivity contribution in [2.24, 2.45) is 4.99 Å². The maximum atomic E-state index is 13.3. The summed E-state index contributed by atoms with van der Waals surface area (Å²) in [6.45, 7) is 1.38. The summed E-state index contributed by atoms with van der Waals surface area (Å²) in [7, 11) is 1.47. The van der Waals surface area contributed by atoms with Crippen LogP contribution >= 0.6 is 11.6 Å². The molecule has 3 aliphatic rings. The van der Waals surface area contributed by atoms with E-state index in [0.29, 0.717) is 17.9 Å². The largest absolute Gasteiger partial charge is 0.462 e. The molecule has 0 radical (unpaired) electrons. The van der Waals surface area contributed by atoms with Crippen LogP contribution in [0.25, 0.3) is 0 Å². The van der Waals surface area contributed by atoms with Crippen LogP contribution in [0.4, 0.5) is 11.4 Å². The monoisotopic (exact) mass is 659 g/mol. The van der Waals surface area contributed by atoms with Crippen LogP contribution in [0.15, 0.2) is 65.2 Å². The number of fused-ring (bicyclic) bond motifs is 1. The molecular weight excluding hydrogens is 634 g/mol. The topological polar surface area (TPSA) is 168 Å². The Morgan fingerprint density at radius 1 is 1.15 bits per heavy atom. The lowest BCUT2D eigenvalue weighted by Gasteiger charge is -2.27. The summed E-state index contributed by atoms with van der Waals surface area (Å²) >= 11 is 6.34. The number of allylic oxidation sites excluding steroid dienone is 3. The maximum absolute atomic E-state index is 13.3. The number of anilines is 2. The van der Waals surface area contributed by atoms with Gasteiger partial charge >= 0.3 is 6.01 Å². The number of ether oxygens (including phenoxy) is 3. The van der Waals surface area contributed by atoms with E-state index < -0.39 is 22.3 Å². The van der Waals surface area contributed by atoms with E-state index in [9.17, 15) is 18.5 Å². The van der Waals surface area contributed by atoms with E-state index in [1.807, 2.05) is 31.1 Å². The molecule has 2 aromatic carbocycles. The van der Waals surface area contributed by atoms with Crippen molar-refractivity contribution in [3.63, 3.8) is 0 Å². The third kappa shape index (κ3) is 6.65. The fourth-order valence-corrected chi connectivity index (χ4v) is 5.34. The van der Waals surface area contributed by atoms with Crippen LogP contribution < -0.4 is 29.7 Å². The quantitative estimate of drug-likeness (QED) is 0.335. The predicted molar refractivity (Wildman–Crippen MR) is 172 cm³/mol. The number of aromatic nitrogens is 2. The maximum Gasteiger partial charge on any atom is 0.328 e. The smallest absolute Gasteiger partial charge is 0.328 e. The van der Waals surface area contributed by atoms with E-state index >= 15 is 0 Å². The Morgan fingerprint density at radius 2 is 2.00 bits per heavy atom. The molecule has 0 bridgehead atoms. The number of halogens is 1. The molecule has 2 N–H and O–H groups in total. The first-order valence-electron chi connectivity index (χ1n) is 14.0. The Morgan fingerprint density at radius 3 is 2.70 bits per heavy atom. The highest BCUT2D eigenvalue weighted by molar-refractivity contribution is 7.73. The standard InChI is InChI=1S/C31H26ClN7O6S/c1-39(2)20-13-19(27-34-9-10-35-27)14-21(15-20)43-29-26-30(38-31(37-29)45-24-12-18(16-33)5-8-23(24)32)44-25(28(40)36-26)11-17-3-6-22(7-4-17)46(41)42/h3-6,8,12-15,25H,7,9-11H2,1-2H3,(H,34,35)(H,36,40). The van der Waals surface area contributed by atoms with Crippen molar-refractivity contribution in [2.75, 3.05) is 37.4 Å². The van der Waals surface area contributed by atoms with Crippen LogP contribution in [0, 0.1) is 11.3 Å². The van der Waals surface area contributed by atoms with Crippen LogP contribution in [-0.2, 0) is 15.1 Å². The number of aliphatic imine (C=N–C) groups is 1. The molecule has 2 aliphatic heterocycles. The molecular formula is C31H26ClN7O6S. The van der Waals surface area contributed by atoms with E-state index in [1.54, 1.807) is 30.4 Å². The van der Waals surface area contributed by atoms with Gasteiger partial charge < -0.3 is 29.7 Å². The first-order chi connectivity index (χ1) is 22.2. The number of nitriles is 1. The number of rotatable bonds is 8. The zero-order chi connectivity index (χ0) is 32.4. The normalized spacial score (nSPS) is 16.6. The molecule has 46 heavy (non-hydrogen) atoms. The number of hydrogen-bond acceptors (Lipinski definition) is 12. The third-order valence-electron chi connectivity index (χ3n) is 7.13. The molecule has 6 rings (SSSR count). The molecule has 1 aromatic heterocycles. The number of carbonyl (C=O) groups excluding carboxylic acids is 1. The van der Waals surface area contributed by atoms with Gasteiger partial charge in [0.05, 0.1) is 28.1 Å². The van der Waals surface area contributed by atoms with Gasteiger partial charge in [0.15, 0.2) is 17.5 Å². The second kappa shape index (κ2) is 12.9. The Hall–Kier alpha value is -5.39. The summed E-state index contributed by atoms with van der Waals surface area (Å²) in [4.78, 5) is 28.8. The fourth-order valence-electron chi connectivity index (χ4n) is 4.79. The van der Waals surface area contributed by atoms with Crippen molar-refractivity contribution >= 4 is 49.9 Å². The minimum atomic E-state index is -2.32. The number of hydrogen-bond donors (Lipinski definition) is 2. The fraction of sp³-hybridized carbons (Fsp3) is 0.226. The van der Waals surface area contributed by atoms with Gasteiger partial charge in [-0.2, -0.15) is 23.6 Å². The summed E-state index contributed by atoms with van der Waals surface area (Å²) in [6, 6.07) is 11.9. The SMILES string of the molecule is CN(C)c1cc(Oc2nc(Oc3cc(C#N)ccc3Cl)nc3c2NC(=O)C(CC2=CCC(=S(=O)=O)C=C2)O3)cc(C2=NCCN2)c1. The highest BCUT2D eigenvalue weighted by Gasteiger charge is 2.34. The van der Waals surface area contributed by atoms with Crippen molar-refractivity contribution in [3.8, 4) is 35.3 Å². The molecule has 3 aromatic rings. The Kier molecular flexibility index (Phi) is 8.60. The third-order valence-corrected chi connectivity index (χ3v) is 8.18. The molecule has 15 heteroatoms. The first-order valence-corrected chi connectivity index (χ1v) is 15.5. The van der Waals surface area contributed by atoms with Gasteiger partial charge in [-0.15, -0.1) is 0 Å². The Bertz CT molecular complexity index is 2030. The molecule has 234 valence electrons. The summed E-state index contributed by atoms with van der Waals surface area (Å²) in [5.41, 5.74) is 2.75. The van der Waals surface area contributed by atoms with Crippen molar-refractivity contribution < 1.29 is 27.4 Å². The number of amides is 1. The Labute approximate surface area is 270 Å². The van der Waals surface area contributed by atoms with Gasteiger partial charge in [-0.3, -0.25) is 9.79 Å². The van der Waals surface area contributed by atoms with Gasteiger partial charge in [0.1, 0.15) is 11.6 Å². The van der Waals surface area contributed by atoms with Crippen molar-refractivity contribution in [2.45, 2.75) is 18.9 Å². The zero-order valence-corrected chi connectivity index (χ0v) is 26.1. The highest BCUT2D eigenvalue weighted by Crippen LogP contribution is 2.42. The molecule has 1 aliphatic carbocycles. The number of benzene rings is 2. The predicted octanol–water partition coefficient (Wildman–Crippen LogP) is 4.03. The number of nitrogens with zero attached hydrogens (tertiary/aromatic N) is 5. The highest BCUT2D eigenvalue weighted by atomic mass is 35.5. The second-order valence-corrected chi connectivity index (χ2v) is 11.9. The average Bonchev–Trinajstić information content (AvgIpc) is 3.58. The van der Waals surface area contributed by atoms with Gasteiger partial charge in [-0.25, -0.2) is 0 Å². The van der Waals surface area contributed by atoms with Gasteiger partial charge in [-0.1, -0.05) is 23.8 Å². The van der Waals surface area contributed by atoms with Gasteiger partial charge in [0.25, 0.3) is 11.8 Å². The van der Waals surface area contributed by atoms with Crippen LogP contribution in [0.1, 0.15) is 24.0 Å². The number of amidine groups is 1. The summed E-state index contributed by atoms with van der Waals surface area (Å²) in [5, 5.41) is 15.6. The first kappa shape index (κ1) is 30.6. The zero-order valence-electron chi connectivity index (χ0n) is 24.6. The number of nitrogens with one attached hydrogen (secondary N) is 2. The molecule has 1 unspecified atom stereocenters. The molecule has 3 heterocycles. The van der Waals surface area contributed by atoms with E-state index in [1.165, 1.54) is 18.2 Å². The van der Waals surface area contributed by atoms with Crippen LogP contribution in [-0.4, -0.2) is 68.3 Å². The van der Waals surface area contributed by atoms with Crippen molar-refractivity contribution in [1.29, 1.82) is 5.26 Å². The summed E-state index contributed by atoms with van der Waals surface area (Å²) in [6.07, 6.45) is 4.21. The van der Waals surface area contributed by atoms with E-state index in [0.717, 1.165) is 29.2 Å². The van der Waals surface area contributed by atoms with E-state index in [-0.39, 0.29) is 51.9 Å². The van der Waals surface area contributed by atoms with E-state index in [4.69, 9.17) is 25.8 Å². The Balaban J connectivity index is 1.37. The lowest BCUT2D eigenvalue weighted by atomic mass is 10.0. The lowest BCUT2D eigenvalue weighted by molar-refractivity contribution is -0.123. The molecule has 0 fully saturated rings. The van der Waals surface area contributed by atoms with Crippen molar-refractivity contribution in [1.82, 2.24) is 15.3 Å². The average molecular weight is 660 g/mol. The van der Waals surface area contributed by atoms with E-state index in [2.05, 4.69) is 25.6 Å². The van der Waals surface area contributed by atoms with Gasteiger partial charge in [-0.05, 0) is 35.9 Å². The molecule has 1 amide bonds. The van der Waals surface area contributed by atoms with Crippen LogP contribution in [0.3, 0.4) is 0 Å². The van der Waals surface area contributed by atoms with Gasteiger partial charge in [0, 0.05) is 56.9 Å². The number of carbonyl (C=O) groups is 1. The summed E-state index contributed by atoms with van der Waals surface area (Å²) in [5.74, 6) is 0.707. The van der Waals surface area contributed by atoms with Crippen LogP contribution in [0.2, 0.25) is 5.02 Å². The van der Waals surface area contributed by atoms with Crippen LogP contribution in [0.5, 0.6) is 29.3 Å². The molecule has 13 nitrogen and oxygen atoms in total. The molecule has 0 saturated carbocycles. The minimum absolute atomic E-state index is 0.0173. The van der Waals surface area contributed by atoms with Gasteiger partial charge in [0.2, 0.25) is 16.2 Å². The summed E-state index contributed by atoms with van der Waals surface area (Å²) < 4.78 is 40.8. The lowest BCUT2D eigenvalue weighted by Crippen LogP contribution is -2.38. The molecule has 1 atom stereocenters. The minimum Gasteiger partial charge on any atom is -0.462 e. The molecule has 0 saturated heterocycles. The second-order valence-electron chi connectivity index (χ2n) is 10.5. The van der Waals surface area contributed by atoms with Crippen molar-refractivity contribution in [3.05, 3.63) is 76.3 Å². The molecule has 0 spiro atoms.